The fourth-order valence-electron chi connectivity index (χ4n) is 3.86. The Morgan fingerprint density at radius 1 is 0.919 bits per heavy atom. The fraction of sp³-hybridized carbons (Fsp3) is 0.0690. The van der Waals surface area contributed by atoms with Crippen LogP contribution < -0.4 is 44.7 Å². The molecular formula is C29H21N2NaO4S. The number of aliphatic imine (C=N–C) groups is 1. The summed E-state index contributed by atoms with van der Waals surface area (Å²) >= 11 is 1.24. The number of thioether (sulfide) groups is 1. The number of fused-ring (bicyclic) bond motifs is 1. The minimum Gasteiger partial charge on any atom is -0.550 e. The molecule has 1 heterocycles. The van der Waals surface area contributed by atoms with Gasteiger partial charge in [0.1, 0.15) is 12.4 Å². The Balaban J connectivity index is 0.00000320. The van der Waals surface area contributed by atoms with Crippen molar-refractivity contribution in [3.8, 4) is 5.75 Å². The standard InChI is InChI=1S/C29H22N2O4S.Na/c32-26(33)16-19-10-14-23(15-11-19)30-29-31-28(34)25(36-29)17-22-13-12-21-8-4-5-9-24(21)27(22)35-18-20-6-2-1-3-7-20;/h1-15,17H,16,18H2,(H,32,33)(H,30,31,34);/q;+1/p-1. The number of hydrogen-bond acceptors (Lipinski definition) is 6. The van der Waals surface area contributed by atoms with E-state index in [1.165, 1.54) is 11.8 Å². The van der Waals surface area contributed by atoms with Crippen molar-refractivity contribution in [2.75, 3.05) is 0 Å². The quantitative estimate of drug-likeness (QED) is 0.298. The van der Waals surface area contributed by atoms with Gasteiger partial charge >= 0.3 is 29.6 Å². The van der Waals surface area contributed by atoms with Crippen molar-refractivity contribution in [3.63, 3.8) is 0 Å². The third-order valence-corrected chi connectivity index (χ3v) is 6.50. The number of carbonyl (C=O) groups is 2. The first-order chi connectivity index (χ1) is 17.5. The number of carboxylic acid groups (broad SMARTS) is 1. The summed E-state index contributed by atoms with van der Waals surface area (Å²) in [6, 6.07) is 28.7. The molecule has 4 aromatic carbocycles. The first-order valence-electron chi connectivity index (χ1n) is 11.3. The maximum atomic E-state index is 12.7. The molecule has 0 unspecified atom stereocenters. The van der Waals surface area contributed by atoms with Gasteiger partial charge in [-0.15, -0.1) is 0 Å². The number of aliphatic carboxylic acids is 1. The van der Waals surface area contributed by atoms with Gasteiger partial charge < -0.3 is 20.0 Å². The van der Waals surface area contributed by atoms with E-state index in [2.05, 4.69) is 10.3 Å². The van der Waals surface area contributed by atoms with E-state index in [4.69, 9.17) is 4.74 Å². The number of hydrogen-bond donors (Lipinski definition) is 1. The van der Waals surface area contributed by atoms with Crippen LogP contribution in [0.15, 0.2) is 101 Å². The van der Waals surface area contributed by atoms with Crippen molar-refractivity contribution >= 4 is 51.3 Å². The summed E-state index contributed by atoms with van der Waals surface area (Å²) < 4.78 is 6.28. The second kappa shape index (κ2) is 12.3. The van der Waals surface area contributed by atoms with Crippen molar-refractivity contribution < 1.29 is 49.0 Å². The van der Waals surface area contributed by atoms with E-state index < -0.39 is 5.97 Å². The zero-order valence-corrected chi connectivity index (χ0v) is 23.0. The molecule has 37 heavy (non-hydrogen) atoms. The van der Waals surface area contributed by atoms with Crippen LogP contribution in [0.3, 0.4) is 0 Å². The van der Waals surface area contributed by atoms with Gasteiger partial charge in [-0.3, -0.25) is 4.79 Å². The van der Waals surface area contributed by atoms with Gasteiger partial charge in [-0.05, 0) is 46.5 Å². The minimum atomic E-state index is -1.14. The van der Waals surface area contributed by atoms with Crippen LogP contribution in [-0.4, -0.2) is 17.0 Å². The van der Waals surface area contributed by atoms with Gasteiger partial charge in [0.05, 0.1) is 10.6 Å². The SMILES string of the molecule is O=C([O-])Cc1ccc(N=C2NC(=O)C(=Cc3ccc4ccccc4c3OCc3ccccc3)S2)cc1.[Na+]. The van der Waals surface area contributed by atoms with Crippen molar-refractivity contribution in [1.82, 2.24) is 5.32 Å². The van der Waals surface area contributed by atoms with Gasteiger partial charge in [-0.25, -0.2) is 4.99 Å². The number of amidine groups is 1. The predicted molar refractivity (Wildman–Crippen MR) is 141 cm³/mol. The van der Waals surface area contributed by atoms with E-state index in [1.54, 1.807) is 24.3 Å². The van der Waals surface area contributed by atoms with Crippen LogP contribution in [-0.2, 0) is 22.6 Å². The summed E-state index contributed by atoms with van der Waals surface area (Å²) in [5, 5.41) is 16.0. The number of nitrogens with zero attached hydrogens (tertiary/aromatic N) is 1. The summed E-state index contributed by atoms with van der Waals surface area (Å²) in [5.74, 6) is -0.662. The normalized spacial score (nSPS) is 15.0. The number of carboxylic acids is 1. The number of benzene rings is 4. The molecule has 0 bridgehead atoms. The van der Waals surface area contributed by atoms with Crippen molar-refractivity contribution in [2.24, 2.45) is 4.99 Å². The second-order valence-electron chi connectivity index (χ2n) is 8.18. The Bertz CT molecular complexity index is 1500. The number of ether oxygens (including phenoxy) is 1. The summed E-state index contributed by atoms with van der Waals surface area (Å²) in [4.78, 5) is 28.5. The van der Waals surface area contributed by atoms with Crippen LogP contribution in [0.4, 0.5) is 5.69 Å². The minimum absolute atomic E-state index is 0. The molecular weight excluding hydrogens is 495 g/mol. The van der Waals surface area contributed by atoms with E-state index in [0.717, 1.165) is 21.9 Å². The third-order valence-electron chi connectivity index (χ3n) is 5.59. The molecule has 0 aliphatic carbocycles. The van der Waals surface area contributed by atoms with Gasteiger partial charge in [0, 0.05) is 23.3 Å². The predicted octanol–water partition coefficient (Wildman–Crippen LogP) is 1.61. The molecule has 1 aliphatic rings. The number of nitrogens with one attached hydrogen (secondary N) is 1. The number of amides is 1. The van der Waals surface area contributed by atoms with Crippen LogP contribution in [0.1, 0.15) is 16.7 Å². The Morgan fingerprint density at radius 3 is 2.41 bits per heavy atom. The Hall–Kier alpha value is -3.36. The largest absolute Gasteiger partial charge is 1.00 e. The van der Waals surface area contributed by atoms with Crippen molar-refractivity contribution in [2.45, 2.75) is 13.0 Å². The molecule has 1 amide bonds. The van der Waals surface area contributed by atoms with E-state index in [0.29, 0.717) is 33.7 Å². The number of rotatable bonds is 7. The molecule has 0 radical (unpaired) electrons. The third kappa shape index (κ3) is 6.70. The number of carbonyl (C=O) groups excluding carboxylic acids is 2. The molecule has 0 spiro atoms. The van der Waals surface area contributed by atoms with Gasteiger partial charge in [0.15, 0.2) is 5.17 Å². The van der Waals surface area contributed by atoms with E-state index >= 15 is 0 Å². The Kier molecular flexibility index (Phi) is 8.84. The average Bonchev–Trinajstić information content (AvgIpc) is 3.23. The maximum Gasteiger partial charge on any atom is 1.00 e. The molecule has 4 aromatic rings. The second-order valence-corrected chi connectivity index (χ2v) is 9.21. The smallest absolute Gasteiger partial charge is 0.550 e. The van der Waals surface area contributed by atoms with Crippen molar-refractivity contribution in [1.29, 1.82) is 0 Å². The van der Waals surface area contributed by atoms with Crippen LogP contribution in [0.5, 0.6) is 5.75 Å². The fourth-order valence-corrected chi connectivity index (χ4v) is 4.69. The first kappa shape index (κ1) is 26.7. The Labute approximate surface area is 240 Å². The zero-order valence-electron chi connectivity index (χ0n) is 20.1. The van der Waals surface area contributed by atoms with Gasteiger partial charge in [-0.2, -0.15) is 0 Å². The molecule has 178 valence electrons. The van der Waals surface area contributed by atoms with Gasteiger partial charge in [0.2, 0.25) is 0 Å². The van der Waals surface area contributed by atoms with Crippen LogP contribution in [0.2, 0.25) is 0 Å². The molecule has 8 heteroatoms. The zero-order chi connectivity index (χ0) is 24.9. The molecule has 6 nitrogen and oxygen atoms in total. The summed E-state index contributed by atoms with van der Waals surface area (Å²) in [7, 11) is 0. The molecule has 1 saturated heterocycles. The molecule has 0 aromatic heterocycles. The van der Waals surface area contributed by atoms with E-state index in [1.807, 2.05) is 72.8 Å². The van der Waals surface area contributed by atoms with E-state index in [9.17, 15) is 14.7 Å². The molecule has 1 aliphatic heterocycles. The van der Waals surface area contributed by atoms with Crippen LogP contribution in [0.25, 0.3) is 16.8 Å². The van der Waals surface area contributed by atoms with Crippen molar-refractivity contribution in [3.05, 3.63) is 113 Å². The summed E-state index contributed by atoms with van der Waals surface area (Å²) in [5.41, 5.74) is 3.09. The molecule has 0 saturated carbocycles. The van der Waals surface area contributed by atoms with Crippen LogP contribution in [0, 0.1) is 0 Å². The summed E-state index contributed by atoms with van der Waals surface area (Å²) in [6.07, 6.45) is 1.66. The van der Waals surface area contributed by atoms with E-state index in [-0.39, 0.29) is 41.9 Å². The van der Waals surface area contributed by atoms with Crippen LogP contribution >= 0.6 is 11.8 Å². The average molecular weight is 517 g/mol. The topological polar surface area (TPSA) is 90.8 Å². The van der Waals surface area contributed by atoms with Gasteiger partial charge in [-0.1, -0.05) is 78.9 Å². The molecule has 1 fully saturated rings. The van der Waals surface area contributed by atoms with Gasteiger partial charge in [0.25, 0.3) is 5.91 Å². The summed E-state index contributed by atoms with van der Waals surface area (Å²) in [6.45, 7) is 0.408. The molecule has 5 rings (SSSR count). The first-order valence-corrected chi connectivity index (χ1v) is 12.1. The maximum absolute atomic E-state index is 12.7. The monoisotopic (exact) mass is 516 g/mol. The molecule has 0 atom stereocenters. The molecule has 1 N–H and O–H groups in total. The Morgan fingerprint density at radius 2 is 1.65 bits per heavy atom.